The van der Waals surface area contributed by atoms with Crippen LogP contribution in [-0.2, 0) is 7.05 Å². The number of nitrogens with zero attached hydrogens (tertiary/aromatic N) is 3. The van der Waals surface area contributed by atoms with Gasteiger partial charge in [0.2, 0.25) is 5.71 Å². The highest BCUT2D eigenvalue weighted by atomic mass is 16.6. The van der Waals surface area contributed by atoms with Gasteiger partial charge in [0.25, 0.3) is 17.2 Å². The van der Waals surface area contributed by atoms with Crippen LogP contribution in [0.5, 0.6) is 11.5 Å². The Morgan fingerprint density at radius 1 is 1.22 bits per heavy atom. The molecule has 170 valence electrons. The minimum atomic E-state index is -0.738. The van der Waals surface area contributed by atoms with Crippen LogP contribution in [0.3, 0.4) is 0 Å². The number of benzene rings is 1. The van der Waals surface area contributed by atoms with E-state index in [2.05, 4.69) is 10.3 Å². The number of aromatic nitrogens is 2. The first kappa shape index (κ1) is 22.8. The monoisotopic (exact) mass is 444 g/mol. The summed E-state index contributed by atoms with van der Waals surface area (Å²) in [6.07, 6.45) is 2.70. The van der Waals surface area contributed by atoms with Gasteiger partial charge in [-0.05, 0) is 19.8 Å². The summed E-state index contributed by atoms with van der Waals surface area (Å²) in [7, 11) is 1.50. The summed E-state index contributed by atoms with van der Waals surface area (Å²) in [5, 5.41) is 14.2. The first-order valence-corrected chi connectivity index (χ1v) is 10.1. The number of nitro benzene ring substituents is 1. The molecule has 11 heteroatoms. The molecule has 32 heavy (non-hydrogen) atoms. The van der Waals surface area contributed by atoms with Crippen molar-refractivity contribution >= 4 is 28.4 Å². The van der Waals surface area contributed by atoms with E-state index in [4.69, 9.17) is 13.9 Å². The van der Waals surface area contributed by atoms with Crippen LogP contribution < -0.4 is 20.3 Å². The fourth-order valence-corrected chi connectivity index (χ4v) is 3.10. The van der Waals surface area contributed by atoms with Gasteiger partial charge in [0.15, 0.2) is 11.5 Å². The van der Waals surface area contributed by atoms with Gasteiger partial charge in [0.05, 0.1) is 29.8 Å². The second-order valence-corrected chi connectivity index (χ2v) is 7.10. The number of fused-ring (bicyclic) bond motifs is 1. The van der Waals surface area contributed by atoms with Gasteiger partial charge < -0.3 is 23.8 Å². The van der Waals surface area contributed by atoms with E-state index in [1.54, 1.807) is 0 Å². The maximum atomic E-state index is 13.1. The predicted molar refractivity (Wildman–Crippen MR) is 117 cm³/mol. The fourth-order valence-electron chi connectivity index (χ4n) is 3.10. The standard InChI is InChI=1S/C21H24N4O7/c1-5-7-30-15-9-13(14(25(28)29)10-16(15)31-8-6-2)23-19(26)17-12(3)32-20-18(17)21(27)24(4)11-22-20/h9-11H,5-8H2,1-4H3,(H,23,26). The summed E-state index contributed by atoms with van der Waals surface area (Å²) in [5.41, 5.74) is -0.957. The Morgan fingerprint density at radius 3 is 2.44 bits per heavy atom. The van der Waals surface area contributed by atoms with Crippen molar-refractivity contribution in [2.45, 2.75) is 33.6 Å². The number of amides is 1. The molecule has 3 aromatic rings. The first-order chi connectivity index (χ1) is 15.3. The van der Waals surface area contributed by atoms with Gasteiger partial charge in [0.1, 0.15) is 23.2 Å². The normalized spacial score (nSPS) is 10.9. The van der Waals surface area contributed by atoms with Crippen molar-refractivity contribution in [1.82, 2.24) is 9.55 Å². The summed E-state index contributed by atoms with van der Waals surface area (Å²) >= 11 is 0. The van der Waals surface area contributed by atoms with E-state index >= 15 is 0 Å². The van der Waals surface area contributed by atoms with Crippen LogP contribution >= 0.6 is 0 Å². The van der Waals surface area contributed by atoms with Gasteiger partial charge >= 0.3 is 0 Å². The summed E-state index contributed by atoms with van der Waals surface area (Å²) in [5.74, 6) is -0.0833. The zero-order valence-electron chi connectivity index (χ0n) is 18.3. The Labute approximate surface area is 183 Å². The van der Waals surface area contributed by atoms with E-state index in [1.807, 2.05) is 13.8 Å². The zero-order valence-corrected chi connectivity index (χ0v) is 18.3. The van der Waals surface area contributed by atoms with Gasteiger partial charge in [-0.1, -0.05) is 13.8 Å². The van der Waals surface area contributed by atoms with E-state index in [0.29, 0.717) is 26.1 Å². The third-order valence-electron chi connectivity index (χ3n) is 4.61. The van der Waals surface area contributed by atoms with E-state index in [1.165, 1.54) is 37.0 Å². The van der Waals surface area contributed by atoms with Crippen LogP contribution in [0.25, 0.3) is 11.1 Å². The Hall–Kier alpha value is -3.89. The third-order valence-corrected chi connectivity index (χ3v) is 4.61. The fraction of sp³-hybridized carbons (Fsp3) is 0.381. The maximum absolute atomic E-state index is 13.1. The molecule has 1 amide bonds. The number of ether oxygens (including phenoxy) is 2. The molecule has 0 aliphatic rings. The highest BCUT2D eigenvalue weighted by molar-refractivity contribution is 6.13. The molecule has 1 N–H and O–H groups in total. The van der Waals surface area contributed by atoms with Crippen molar-refractivity contribution in [1.29, 1.82) is 0 Å². The Kier molecular flexibility index (Phi) is 6.76. The zero-order chi connectivity index (χ0) is 23.4. The van der Waals surface area contributed by atoms with Gasteiger partial charge in [-0.3, -0.25) is 19.7 Å². The van der Waals surface area contributed by atoms with Crippen molar-refractivity contribution in [3.05, 3.63) is 50.3 Å². The lowest BCUT2D eigenvalue weighted by Gasteiger charge is -2.14. The second kappa shape index (κ2) is 9.50. The number of nitro groups is 1. The molecular formula is C21H24N4O7. The van der Waals surface area contributed by atoms with Gasteiger partial charge in [-0.25, -0.2) is 4.98 Å². The molecule has 0 saturated carbocycles. The number of hydrogen-bond acceptors (Lipinski definition) is 8. The van der Waals surface area contributed by atoms with E-state index < -0.39 is 16.4 Å². The van der Waals surface area contributed by atoms with Gasteiger partial charge in [-0.15, -0.1) is 0 Å². The van der Waals surface area contributed by atoms with Crippen LogP contribution in [0.4, 0.5) is 11.4 Å². The molecule has 0 fully saturated rings. The molecule has 11 nitrogen and oxygen atoms in total. The first-order valence-electron chi connectivity index (χ1n) is 10.1. The van der Waals surface area contributed by atoms with Crippen LogP contribution in [0.15, 0.2) is 27.7 Å². The smallest absolute Gasteiger partial charge is 0.296 e. The number of furan rings is 1. The third kappa shape index (κ3) is 4.41. The maximum Gasteiger partial charge on any atom is 0.296 e. The molecule has 0 saturated heterocycles. The molecule has 0 aliphatic carbocycles. The predicted octanol–water partition coefficient (Wildman–Crippen LogP) is 3.57. The molecule has 2 heterocycles. The van der Waals surface area contributed by atoms with Crippen LogP contribution in [0.2, 0.25) is 0 Å². The Bertz CT molecular complexity index is 1230. The lowest BCUT2D eigenvalue weighted by Crippen LogP contribution is -2.21. The lowest BCUT2D eigenvalue weighted by atomic mass is 10.1. The minimum Gasteiger partial charge on any atom is -0.490 e. The summed E-state index contributed by atoms with van der Waals surface area (Å²) < 4.78 is 17.9. The van der Waals surface area contributed by atoms with Crippen molar-refractivity contribution in [2.75, 3.05) is 18.5 Å². The number of carbonyl (C=O) groups excluding carboxylic acids is 1. The van der Waals surface area contributed by atoms with Crippen molar-refractivity contribution < 1.29 is 23.6 Å². The largest absolute Gasteiger partial charge is 0.490 e. The summed E-state index contributed by atoms with van der Waals surface area (Å²) in [6.45, 7) is 6.05. The molecule has 0 radical (unpaired) electrons. The molecule has 1 aromatic carbocycles. The molecule has 0 atom stereocenters. The molecule has 0 bridgehead atoms. The van der Waals surface area contributed by atoms with Crippen LogP contribution in [0, 0.1) is 17.0 Å². The van der Waals surface area contributed by atoms with Gasteiger partial charge in [0, 0.05) is 13.1 Å². The number of carbonyl (C=O) groups is 1. The number of anilines is 1. The van der Waals surface area contributed by atoms with Crippen LogP contribution in [-0.4, -0.2) is 33.6 Å². The SMILES string of the molecule is CCCOc1cc(NC(=O)c2c(C)oc3ncn(C)c(=O)c23)c([N+](=O)[O-])cc1OCCC. The Balaban J connectivity index is 2.08. The van der Waals surface area contributed by atoms with Gasteiger partial charge in [-0.2, -0.15) is 0 Å². The highest BCUT2D eigenvalue weighted by Crippen LogP contribution is 2.38. The molecular weight excluding hydrogens is 420 g/mol. The van der Waals surface area contributed by atoms with E-state index in [-0.39, 0.29) is 45.3 Å². The minimum absolute atomic E-state index is 0.00184. The lowest BCUT2D eigenvalue weighted by molar-refractivity contribution is -0.384. The molecule has 0 unspecified atom stereocenters. The average molecular weight is 444 g/mol. The quantitative estimate of drug-likeness (QED) is 0.390. The van der Waals surface area contributed by atoms with Crippen molar-refractivity contribution in [2.24, 2.45) is 7.05 Å². The van der Waals surface area contributed by atoms with Crippen molar-refractivity contribution in [3.8, 4) is 11.5 Å². The number of rotatable bonds is 9. The Morgan fingerprint density at radius 2 is 1.84 bits per heavy atom. The average Bonchev–Trinajstić information content (AvgIpc) is 3.10. The van der Waals surface area contributed by atoms with E-state index in [0.717, 1.165) is 0 Å². The van der Waals surface area contributed by atoms with Crippen molar-refractivity contribution in [3.63, 3.8) is 0 Å². The van der Waals surface area contributed by atoms with E-state index in [9.17, 15) is 19.7 Å². The molecule has 2 aromatic heterocycles. The molecule has 0 aliphatic heterocycles. The number of hydrogen-bond donors (Lipinski definition) is 1. The number of aryl methyl sites for hydroxylation is 2. The molecule has 3 rings (SSSR count). The van der Waals surface area contributed by atoms with Crippen LogP contribution in [0.1, 0.15) is 42.8 Å². The number of nitrogens with one attached hydrogen (secondary N) is 1. The summed E-state index contributed by atoms with van der Waals surface area (Å²) in [4.78, 5) is 40.7. The summed E-state index contributed by atoms with van der Waals surface area (Å²) in [6, 6.07) is 2.57. The molecule has 0 spiro atoms. The topological polar surface area (TPSA) is 139 Å². The highest BCUT2D eigenvalue weighted by Gasteiger charge is 2.26. The second-order valence-electron chi connectivity index (χ2n) is 7.10.